The molecule has 2 N–H and O–H groups in total. The Bertz CT molecular complexity index is 1250. The van der Waals surface area contributed by atoms with Gasteiger partial charge in [0.25, 0.3) is 5.91 Å². The van der Waals surface area contributed by atoms with Crippen LogP contribution >= 0.6 is 11.6 Å². The van der Waals surface area contributed by atoms with E-state index >= 15 is 0 Å². The van der Waals surface area contributed by atoms with Crippen LogP contribution in [0.2, 0.25) is 5.02 Å². The Hall–Kier alpha value is -3.64. The molecule has 2 amide bonds. The molecule has 0 atom stereocenters. The van der Waals surface area contributed by atoms with Gasteiger partial charge >= 0.3 is 0 Å². The first-order chi connectivity index (χ1) is 15.0. The van der Waals surface area contributed by atoms with E-state index in [0.717, 1.165) is 22.3 Å². The Morgan fingerprint density at radius 2 is 1.68 bits per heavy atom. The molecule has 156 valence electrons. The van der Waals surface area contributed by atoms with Gasteiger partial charge in [0, 0.05) is 16.3 Å². The largest absolute Gasteiger partial charge is 0.345 e. The van der Waals surface area contributed by atoms with Crippen molar-refractivity contribution in [1.82, 2.24) is 14.9 Å². The van der Waals surface area contributed by atoms with E-state index in [1.807, 2.05) is 60.0 Å². The summed E-state index contributed by atoms with van der Waals surface area (Å²) in [7, 11) is 0. The lowest BCUT2D eigenvalue weighted by molar-refractivity contribution is -0.116. The van der Waals surface area contributed by atoms with Crippen LogP contribution < -0.4 is 10.6 Å². The zero-order chi connectivity index (χ0) is 21.8. The van der Waals surface area contributed by atoms with Crippen molar-refractivity contribution in [1.29, 1.82) is 0 Å². The molecule has 0 fully saturated rings. The molecule has 0 aliphatic rings. The standard InChI is InChI=1S/C24H21ClN4O2/c1-16-6-2-3-7-19(16)28-23(30)15-29-21-9-5-4-8-20(21)27-22(29)14-26-24(31)17-10-12-18(25)13-11-17/h2-13H,14-15H2,1H3,(H,26,31)(H,28,30). The van der Waals surface area contributed by atoms with E-state index in [0.29, 0.717) is 16.4 Å². The molecule has 4 aromatic rings. The van der Waals surface area contributed by atoms with Crippen LogP contribution in [0.5, 0.6) is 0 Å². The predicted molar refractivity (Wildman–Crippen MR) is 122 cm³/mol. The van der Waals surface area contributed by atoms with E-state index in [1.165, 1.54) is 0 Å². The Kier molecular flexibility index (Phi) is 6.00. The first-order valence-corrected chi connectivity index (χ1v) is 10.2. The average molecular weight is 433 g/mol. The lowest BCUT2D eigenvalue weighted by Crippen LogP contribution is -2.26. The first-order valence-electron chi connectivity index (χ1n) is 9.84. The number of carbonyl (C=O) groups excluding carboxylic acids is 2. The monoisotopic (exact) mass is 432 g/mol. The third kappa shape index (κ3) is 4.75. The van der Waals surface area contributed by atoms with E-state index in [4.69, 9.17) is 11.6 Å². The van der Waals surface area contributed by atoms with Crippen molar-refractivity contribution in [2.75, 3.05) is 5.32 Å². The zero-order valence-corrected chi connectivity index (χ0v) is 17.7. The Morgan fingerprint density at radius 1 is 0.968 bits per heavy atom. The fraction of sp³-hybridized carbons (Fsp3) is 0.125. The molecule has 6 nitrogen and oxygen atoms in total. The molecule has 0 spiro atoms. The molecule has 7 heteroatoms. The number of imidazole rings is 1. The van der Waals surface area contributed by atoms with E-state index in [-0.39, 0.29) is 24.9 Å². The highest BCUT2D eigenvalue weighted by Gasteiger charge is 2.15. The van der Waals surface area contributed by atoms with Crippen molar-refractivity contribution >= 4 is 40.1 Å². The van der Waals surface area contributed by atoms with Crippen molar-refractivity contribution in [3.63, 3.8) is 0 Å². The molecule has 0 aliphatic heterocycles. The maximum Gasteiger partial charge on any atom is 0.251 e. The molecule has 0 radical (unpaired) electrons. The third-order valence-electron chi connectivity index (χ3n) is 4.97. The van der Waals surface area contributed by atoms with Crippen LogP contribution in [0.3, 0.4) is 0 Å². The molecule has 3 aromatic carbocycles. The minimum Gasteiger partial charge on any atom is -0.345 e. The van der Waals surface area contributed by atoms with Gasteiger partial charge in [0.15, 0.2) is 0 Å². The molecule has 0 unspecified atom stereocenters. The number of hydrogen-bond donors (Lipinski definition) is 2. The smallest absolute Gasteiger partial charge is 0.251 e. The summed E-state index contributed by atoms with van der Waals surface area (Å²) < 4.78 is 1.82. The number of nitrogens with zero attached hydrogens (tertiary/aromatic N) is 2. The number of halogens is 1. The fourth-order valence-corrected chi connectivity index (χ4v) is 3.47. The van der Waals surface area contributed by atoms with Crippen LogP contribution in [-0.4, -0.2) is 21.4 Å². The topological polar surface area (TPSA) is 76.0 Å². The number of nitrogens with one attached hydrogen (secondary N) is 2. The van der Waals surface area contributed by atoms with Crippen LogP contribution in [0.25, 0.3) is 11.0 Å². The maximum atomic E-state index is 12.8. The van der Waals surface area contributed by atoms with Crippen molar-refractivity contribution in [2.24, 2.45) is 0 Å². The van der Waals surface area contributed by atoms with Gasteiger partial charge in [0.2, 0.25) is 5.91 Å². The zero-order valence-electron chi connectivity index (χ0n) is 16.9. The molecule has 1 aromatic heterocycles. The number of carbonyl (C=O) groups is 2. The summed E-state index contributed by atoms with van der Waals surface area (Å²) in [5.74, 6) is 0.200. The highest BCUT2D eigenvalue weighted by Crippen LogP contribution is 2.18. The molecular weight excluding hydrogens is 412 g/mol. The summed E-state index contributed by atoms with van der Waals surface area (Å²) in [5, 5.41) is 6.39. The van der Waals surface area contributed by atoms with Gasteiger partial charge in [-0.05, 0) is 55.0 Å². The maximum absolute atomic E-state index is 12.8. The van der Waals surface area contributed by atoms with Crippen LogP contribution in [0.15, 0.2) is 72.8 Å². The lowest BCUT2D eigenvalue weighted by Gasteiger charge is -2.12. The molecule has 0 saturated carbocycles. The average Bonchev–Trinajstić information content (AvgIpc) is 3.11. The van der Waals surface area contributed by atoms with Crippen LogP contribution in [0.4, 0.5) is 5.69 Å². The van der Waals surface area contributed by atoms with Gasteiger partial charge in [-0.1, -0.05) is 41.9 Å². The van der Waals surface area contributed by atoms with E-state index in [2.05, 4.69) is 15.6 Å². The van der Waals surface area contributed by atoms with Gasteiger partial charge in [0.05, 0.1) is 17.6 Å². The number of fused-ring (bicyclic) bond motifs is 1. The number of anilines is 1. The van der Waals surface area contributed by atoms with Crippen LogP contribution in [0, 0.1) is 6.92 Å². The van der Waals surface area contributed by atoms with Crippen molar-refractivity contribution in [3.05, 3.63) is 94.8 Å². The van der Waals surface area contributed by atoms with Crippen molar-refractivity contribution < 1.29 is 9.59 Å². The quantitative estimate of drug-likeness (QED) is 0.468. The number of aryl methyl sites for hydroxylation is 1. The Labute approximate surface area is 184 Å². The normalized spacial score (nSPS) is 10.8. The second-order valence-electron chi connectivity index (χ2n) is 7.16. The molecule has 4 rings (SSSR count). The highest BCUT2D eigenvalue weighted by atomic mass is 35.5. The first kappa shape index (κ1) is 20.6. The number of hydrogen-bond acceptors (Lipinski definition) is 3. The van der Waals surface area contributed by atoms with Crippen LogP contribution in [0.1, 0.15) is 21.7 Å². The number of para-hydroxylation sites is 3. The molecule has 0 saturated heterocycles. The van der Waals surface area contributed by atoms with E-state index in [9.17, 15) is 9.59 Å². The van der Waals surface area contributed by atoms with Gasteiger partial charge in [-0.3, -0.25) is 9.59 Å². The summed E-state index contributed by atoms with van der Waals surface area (Å²) in [4.78, 5) is 29.9. The summed E-state index contributed by atoms with van der Waals surface area (Å²) in [5.41, 5.74) is 3.86. The van der Waals surface area contributed by atoms with Gasteiger partial charge in [-0.15, -0.1) is 0 Å². The highest BCUT2D eigenvalue weighted by molar-refractivity contribution is 6.30. The Balaban J connectivity index is 1.54. The van der Waals surface area contributed by atoms with E-state index < -0.39 is 0 Å². The second-order valence-corrected chi connectivity index (χ2v) is 7.59. The summed E-state index contributed by atoms with van der Waals surface area (Å²) >= 11 is 5.89. The van der Waals surface area contributed by atoms with Gasteiger partial charge in [0.1, 0.15) is 12.4 Å². The summed E-state index contributed by atoms with van der Waals surface area (Å²) in [6.45, 7) is 2.22. The van der Waals surface area contributed by atoms with Gasteiger partial charge in [-0.2, -0.15) is 0 Å². The Morgan fingerprint density at radius 3 is 2.45 bits per heavy atom. The minimum atomic E-state index is -0.236. The second kappa shape index (κ2) is 9.02. The number of rotatable bonds is 6. The minimum absolute atomic E-state index is 0.0843. The lowest BCUT2D eigenvalue weighted by atomic mass is 10.2. The molecule has 1 heterocycles. The summed E-state index contributed by atoms with van der Waals surface area (Å²) in [6, 6.07) is 21.9. The van der Waals surface area contributed by atoms with Crippen molar-refractivity contribution in [2.45, 2.75) is 20.0 Å². The third-order valence-corrected chi connectivity index (χ3v) is 5.22. The fourth-order valence-electron chi connectivity index (χ4n) is 3.35. The van der Waals surface area contributed by atoms with Crippen molar-refractivity contribution in [3.8, 4) is 0 Å². The van der Waals surface area contributed by atoms with E-state index in [1.54, 1.807) is 24.3 Å². The molecule has 0 bridgehead atoms. The predicted octanol–water partition coefficient (Wildman–Crippen LogP) is 4.57. The van der Waals surface area contributed by atoms with Gasteiger partial charge < -0.3 is 15.2 Å². The molecule has 31 heavy (non-hydrogen) atoms. The van der Waals surface area contributed by atoms with Gasteiger partial charge in [-0.25, -0.2) is 4.98 Å². The number of aromatic nitrogens is 2. The molecular formula is C24H21ClN4O2. The number of benzene rings is 3. The SMILES string of the molecule is Cc1ccccc1NC(=O)Cn1c(CNC(=O)c2ccc(Cl)cc2)nc2ccccc21. The molecule has 0 aliphatic carbocycles. The summed E-state index contributed by atoms with van der Waals surface area (Å²) in [6.07, 6.45) is 0. The van der Waals surface area contributed by atoms with Crippen LogP contribution in [-0.2, 0) is 17.9 Å². The number of amides is 2.